The van der Waals surface area contributed by atoms with Gasteiger partial charge < -0.3 is 15.5 Å². The number of aliphatic hydroxyl groups excluding tert-OH is 1. The lowest BCUT2D eigenvalue weighted by molar-refractivity contribution is -0.139. The summed E-state index contributed by atoms with van der Waals surface area (Å²) in [6, 6.07) is 3.90. The average molecular weight is 238 g/mol. The molecule has 5 heteroatoms. The second-order valence-electron chi connectivity index (χ2n) is 3.85. The molecule has 0 aliphatic rings. The molecule has 0 fully saturated rings. The molecule has 0 saturated heterocycles. The fraction of sp³-hybridized carbons (Fsp3) is 0.500. The molecule has 5 nitrogen and oxygen atoms in total. The molecule has 0 aromatic carbocycles. The Balaban J connectivity index is 2.37. The van der Waals surface area contributed by atoms with Gasteiger partial charge in [0.05, 0.1) is 18.2 Å². The Kier molecular flexibility index (Phi) is 5.59. The van der Waals surface area contributed by atoms with E-state index in [0.29, 0.717) is 6.54 Å². The molecular formula is C12H18N2O3. The van der Waals surface area contributed by atoms with E-state index in [-0.39, 0.29) is 13.0 Å². The fourth-order valence-electron chi connectivity index (χ4n) is 1.58. The molecule has 0 aliphatic heterocycles. The van der Waals surface area contributed by atoms with Crippen molar-refractivity contribution in [3.8, 4) is 0 Å². The minimum Gasteiger partial charge on any atom is -0.481 e. The fourth-order valence-corrected chi connectivity index (χ4v) is 1.58. The number of nitrogens with zero attached hydrogens (tertiary/aromatic N) is 1. The molecule has 3 N–H and O–H groups in total. The number of nitrogens with one attached hydrogen (secondary N) is 1. The molecule has 17 heavy (non-hydrogen) atoms. The van der Waals surface area contributed by atoms with Crippen LogP contribution >= 0.6 is 0 Å². The summed E-state index contributed by atoms with van der Waals surface area (Å²) < 4.78 is 0. The van der Waals surface area contributed by atoms with E-state index >= 15 is 0 Å². The Labute approximate surface area is 101 Å². The van der Waals surface area contributed by atoms with E-state index in [0.717, 1.165) is 17.7 Å². The topological polar surface area (TPSA) is 82.5 Å². The summed E-state index contributed by atoms with van der Waals surface area (Å²) in [6.07, 6.45) is 1.53. The van der Waals surface area contributed by atoms with E-state index < -0.39 is 12.1 Å². The molecule has 1 unspecified atom stereocenters. The van der Waals surface area contributed by atoms with Crippen molar-refractivity contribution in [2.75, 3.05) is 6.54 Å². The van der Waals surface area contributed by atoms with Gasteiger partial charge in [-0.05, 0) is 18.1 Å². The van der Waals surface area contributed by atoms with Gasteiger partial charge in [0, 0.05) is 19.3 Å². The lowest BCUT2D eigenvalue weighted by Crippen LogP contribution is -2.28. The molecule has 1 aromatic rings. The summed E-state index contributed by atoms with van der Waals surface area (Å²) in [5.41, 5.74) is 2.10. The maximum atomic E-state index is 10.3. The van der Waals surface area contributed by atoms with Gasteiger partial charge in [-0.15, -0.1) is 0 Å². The lowest BCUT2D eigenvalue weighted by Gasteiger charge is -2.11. The number of carbonyl (C=O) groups is 1. The first-order chi connectivity index (χ1) is 8.13. The van der Waals surface area contributed by atoms with Gasteiger partial charge >= 0.3 is 5.97 Å². The summed E-state index contributed by atoms with van der Waals surface area (Å²) in [5, 5.41) is 20.8. The van der Waals surface area contributed by atoms with Crippen LogP contribution in [0.5, 0.6) is 0 Å². The molecule has 0 aliphatic carbocycles. The highest BCUT2D eigenvalue weighted by molar-refractivity contribution is 5.67. The van der Waals surface area contributed by atoms with Crippen molar-refractivity contribution in [1.82, 2.24) is 10.3 Å². The van der Waals surface area contributed by atoms with Crippen LogP contribution in [0.1, 0.15) is 24.6 Å². The van der Waals surface area contributed by atoms with Gasteiger partial charge in [0.25, 0.3) is 0 Å². The zero-order valence-electron chi connectivity index (χ0n) is 9.89. The molecule has 1 atom stereocenters. The van der Waals surface area contributed by atoms with Crippen molar-refractivity contribution in [2.45, 2.75) is 32.4 Å². The zero-order valence-corrected chi connectivity index (χ0v) is 9.89. The number of aliphatic hydroxyl groups is 1. The van der Waals surface area contributed by atoms with Crippen LogP contribution in [0.15, 0.2) is 18.3 Å². The predicted molar refractivity (Wildman–Crippen MR) is 63.6 cm³/mol. The molecule has 0 saturated carbocycles. The minimum absolute atomic E-state index is 0.240. The van der Waals surface area contributed by atoms with Crippen molar-refractivity contribution in [3.05, 3.63) is 29.6 Å². The third-order valence-electron chi connectivity index (χ3n) is 2.45. The number of hydrogen-bond acceptors (Lipinski definition) is 4. The summed E-state index contributed by atoms with van der Waals surface area (Å²) in [6.45, 7) is 2.85. The number of aliphatic carboxylic acids is 1. The molecular weight excluding hydrogens is 220 g/mol. The van der Waals surface area contributed by atoms with Gasteiger partial charge in [0.1, 0.15) is 0 Å². The number of hydrogen-bond donors (Lipinski definition) is 3. The minimum atomic E-state index is -0.994. The van der Waals surface area contributed by atoms with Crippen molar-refractivity contribution < 1.29 is 15.0 Å². The molecule has 0 amide bonds. The number of carboxylic acids is 1. The van der Waals surface area contributed by atoms with Crippen molar-refractivity contribution in [1.29, 1.82) is 0 Å². The van der Waals surface area contributed by atoms with Crippen molar-refractivity contribution >= 4 is 5.97 Å². The second kappa shape index (κ2) is 6.98. The highest BCUT2D eigenvalue weighted by Gasteiger charge is 2.09. The molecule has 0 radical (unpaired) electrons. The number of carboxylic acid groups (broad SMARTS) is 1. The Hall–Kier alpha value is -1.46. The first kappa shape index (κ1) is 13.6. The van der Waals surface area contributed by atoms with Crippen LogP contribution in [-0.2, 0) is 17.8 Å². The molecule has 0 spiro atoms. The highest BCUT2D eigenvalue weighted by atomic mass is 16.4. The van der Waals surface area contributed by atoms with Crippen molar-refractivity contribution in [3.63, 3.8) is 0 Å². The third-order valence-corrected chi connectivity index (χ3v) is 2.45. The van der Waals surface area contributed by atoms with Gasteiger partial charge in [-0.25, -0.2) is 0 Å². The van der Waals surface area contributed by atoms with Crippen LogP contribution in [0.3, 0.4) is 0 Å². The average Bonchev–Trinajstić information content (AvgIpc) is 2.28. The Morgan fingerprint density at radius 3 is 3.00 bits per heavy atom. The summed E-state index contributed by atoms with van der Waals surface area (Å²) >= 11 is 0. The van der Waals surface area contributed by atoms with Crippen LogP contribution in [0.4, 0.5) is 0 Å². The number of pyridine rings is 1. The van der Waals surface area contributed by atoms with Gasteiger partial charge in [-0.1, -0.05) is 13.0 Å². The van der Waals surface area contributed by atoms with Gasteiger partial charge in [-0.2, -0.15) is 0 Å². The SMILES string of the molecule is CCc1cccnc1CNCC(O)CC(=O)O. The first-order valence-corrected chi connectivity index (χ1v) is 5.66. The van der Waals surface area contributed by atoms with E-state index in [1.807, 2.05) is 12.1 Å². The Bertz CT molecular complexity index is 369. The summed E-state index contributed by atoms with van der Waals surface area (Å²) in [5.74, 6) is -0.994. The summed E-state index contributed by atoms with van der Waals surface area (Å²) in [4.78, 5) is 14.6. The van der Waals surface area contributed by atoms with Crippen LogP contribution in [0, 0.1) is 0 Å². The van der Waals surface area contributed by atoms with Crippen LogP contribution in [-0.4, -0.2) is 33.8 Å². The molecule has 0 bridgehead atoms. The van der Waals surface area contributed by atoms with E-state index in [1.165, 1.54) is 0 Å². The van der Waals surface area contributed by atoms with E-state index in [2.05, 4.69) is 17.2 Å². The van der Waals surface area contributed by atoms with Gasteiger partial charge in [0.2, 0.25) is 0 Å². The second-order valence-corrected chi connectivity index (χ2v) is 3.85. The van der Waals surface area contributed by atoms with E-state index in [9.17, 15) is 9.90 Å². The van der Waals surface area contributed by atoms with Crippen molar-refractivity contribution in [2.24, 2.45) is 0 Å². The molecule has 94 valence electrons. The first-order valence-electron chi connectivity index (χ1n) is 5.66. The highest BCUT2D eigenvalue weighted by Crippen LogP contribution is 2.05. The smallest absolute Gasteiger partial charge is 0.306 e. The quantitative estimate of drug-likeness (QED) is 0.647. The van der Waals surface area contributed by atoms with Gasteiger partial charge in [0.15, 0.2) is 0 Å². The van der Waals surface area contributed by atoms with E-state index in [4.69, 9.17) is 5.11 Å². The molecule has 1 aromatic heterocycles. The maximum absolute atomic E-state index is 10.3. The zero-order chi connectivity index (χ0) is 12.7. The molecule has 1 heterocycles. The summed E-state index contributed by atoms with van der Waals surface area (Å²) in [7, 11) is 0. The normalized spacial score (nSPS) is 12.4. The third kappa shape index (κ3) is 4.93. The number of rotatable bonds is 7. The maximum Gasteiger partial charge on any atom is 0.306 e. The predicted octanol–water partition coefficient (Wildman–Crippen LogP) is 0.569. The number of aryl methyl sites for hydroxylation is 1. The van der Waals surface area contributed by atoms with Crippen LogP contribution in [0.25, 0.3) is 0 Å². The van der Waals surface area contributed by atoms with E-state index in [1.54, 1.807) is 6.20 Å². The number of aromatic nitrogens is 1. The van der Waals surface area contributed by atoms with Gasteiger partial charge in [-0.3, -0.25) is 9.78 Å². The monoisotopic (exact) mass is 238 g/mol. The molecule has 1 rings (SSSR count). The largest absolute Gasteiger partial charge is 0.481 e. The lowest BCUT2D eigenvalue weighted by atomic mass is 10.1. The Morgan fingerprint density at radius 2 is 2.35 bits per heavy atom. The Morgan fingerprint density at radius 1 is 1.59 bits per heavy atom. The van der Waals surface area contributed by atoms with Crippen LogP contribution in [0.2, 0.25) is 0 Å². The standard InChI is InChI=1S/C12H18N2O3/c1-2-9-4-3-5-14-11(9)8-13-7-10(15)6-12(16)17/h3-5,10,13,15H,2,6-8H2,1H3,(H,16,17). The van der Waals surface area contributed by atoms with Crippen LogP contribution < -0.4 is 5.32 Å².